The van der Waals surface area contributed by atoms with E-state index in [9.17, 15) is 22.8 Å². The Bertz CT molecular complexity index is 1990. The van der Waals surface area contributed by atoms with Crippen molar-refractivity contribution in [2.75, 3.05) is 0 Å². The number of amides is 1. The highest BCUT2D eigenvalue weighted by Gasteiger charge is 2.29. The van der Waals surface area contributed by atoms with Crippen LogP contribution in [0, 0.1) is 6.92 Å². The van der Waals surface area contributed by atoms with Gasteiger partial charge >= 0.3 is 5.69 Å². The van der Waals surface area contributed by atoms with Gasteiger partial charge in [-0.3, -0.25) is 9.59 Å². The average Bonchev–Trinajstić information content (AvgIpc) is 3.11. The van der Waals surface area contributed by atoms with E-state index in [2.05, 4.69) is 25.6 Å². The number of rotatable bonds is 4. The van der Waals surface area contributed by atoms with Crippen LogP contribution >= 0.6 is 27.5 Å². The van der Waals surface area contributed by atoms with Crippen LogP contribution < -0.4 is 16.0 Å². The number of aromatic amines is 1. The first-order valence-electron chi connectivity index (χ1n) is 10.9. The first kappa shape index (κ1) is 25.0. The van der Waals surface area contributed by atoms with E-state index in [1.54, 1.807) is 55.5 Å². The number of nitrogens with zero attached hydrogens (tertiary/aromatic N) is 2. The lowest BCUT2D eigenvalue weighted by atomic mass is 10.2. The monoisotopic (exact) mass is 600 g/mol. The fourth-order valence-corrected chi connectivity index (χ4v) is 6.47. The normalized spacial score (nSPS) is 11.8. The number of H-pyrrole nitrogens is 1. The number of carbonyl (C=O) groups excluding carboxylic acids is 1. The number of aryl methyl sites for hydroxylation is 2. The molecule has 0 aliphatic rings. The summed E-state index contributed by atoms with van der Waals surface area (Å²) in [5.41, 5.74) is -0.326. The summed E-state index contributed by atoms with van der Waals surface area (Å²) in [6.45, 7) is 1.72. The zero-order valence-electron chi connectivity index (χ0n) is 19.4. The number of sulfonamides is 1. The Balaban J connectivity index is 1.79. The van der Waals surface area contributed by atoms with Crippen LogP contribution in [0.15, 0.2) is 79.6 Å². The summed E-state index contributed by atoms with van der Waals surface area (Å²) in [7, 11) is -2.80. The summed E-state index contributed by atoms with van der Waals surface area (Å²) < 4.78 is 31.0. The van der Waals surface area contributed by atoms with Crippen LogP contribution in [-0.4, -0.2) is 28.4 Å². The summed E-state index contributed by atoms with van der Waals surface area (Å²) in [6.07, 6.45) is 0. The van der Waals surface area contributed by atoms with Crippen molar-refractivity contribution in [2.24, 2.45) is 7.05 Å². The fraction of sp³-hybridized carbons (Fsp3) is 0.0800. The number of para-hydroxylation sites is 1. The van der Waals surface area contributed by atoms with Crippen molar-refractivity contribution >= 4 is 65.3 Å². The van der Waals surface area contributed by atoms with Crippen molar-refractivity contribution in [3.8, 4) is 5.69 Å². The third-order valence-electron chi connectivity index (χ3n) is 5.98. The Labute approximate surface area is 223 Å². The van der Waals surface area contributed by atoms with Crippen LogP contribution in [0.3, 0.4) is 0 Å². The molecule has 2 aromatic heterocycles. The highest BCUT2D eigenvalue weighted by molar-refractivity contribution is 9.10. The van der Waals surface area contributed by atoms with Crippen LogP contribution in [0.2, 0.25) is 5.02 Å². The molecule has 0 saturated heterocycles. The minimum absolute atomic E-state index is 0.0898. The zero-order valence-corrected chi connectivity index (χ0v) is 22.5. The highest BCUT2D eigenvalue weighted by atomic mass is 79.9. The van der Waals surface area contributed by atoms with E-state index < -0.39 is 27.2 Å². The number of hydrogen-bond donors (Lipinski definition) is 2. The second kappa shape index (κ2) is 9.02. The maximum atomic E-state index is 13.6. The van der Waals surface area contributed by atoms with Gasteiger partial charge in [0.2, 0.25) is 0 Å². The number of carbonyl (C=O) groups is 1. The van der Waals surface area contributed by atoms with Gasteiger partial charge in [0.05, 0.1) is 22.1 Å². The maximum absolute atomic E-state index is 13.6. The number of halogens is 2. The van der Waals surface area contributed by atoms with E-state index >= 15 is 0 Å². The Morgan fingerprint density at radius 2 is 1.76 bits per heavy atom. The molecule has 0 aliphatic heterocycles. The standard InChI is InChI=1S/C25H18BrClN4O5S/c1-13-7-9-17(26)20(11-13)37(35,36)29-23(32)22-21(16-12-14(27)8-10-19(16)30(22)2)31-24(33)15-5-3-4-6-18(15)28-25(31)34/h3-12H,1-2H3,(H,28,34)(H,29,32). The molecular weight excluding hydrogens is 584 g/mol. The van der Waals surface area contributed by atoms with Crippen LogP contribution in [0.1, 0.15) is 16.1 Å². The number of benzene rings is 3. The average molecular weight is 602 g/mol. The molecule has 0 unspecified atom stereocenters. The molecule has 0 spiro atoms. The second-order valence-corrected chi connectivity index (χ2v) is 11.3. The number of aromatic nitrogens is 3. The molecule has 0 bridgehead atoms. The van der Waals surface area contributed by atoms with Crippen LogP contribution in [0.5, 0.6) is 0 Å². The first-order valence-corrected chi connectivity index (χ1v) is 13.5. The summed E-state index contributed by atoms with van der Waals surface area (Å²) in [6, 6.07) is 15.9. The number of fused-ring (bicyclic) bond motifs is 2. The Kier molecular flexibility index (Phi) is 6.09. The molecule has 0 atom stereocenters. The third kappa shape index (κ3) is 4.18. The predicted octanol–water partition coefficient (Wildman–Crippen LogP) is 4.01. The maximum Gasteiger partial charge on any atom is 0.333 e. The summed E-state index contributed by atoms with van der Waals surface area (Å²) in [4.78, 5) is 42.8. The van der Waals surface area contributed by atoms with Gasteiger partial charge in [0, 0.05) is 21.9 Å². The molecule has 37 heavy (non-hydrogen) atoms. The van der Waals surface area contributed by atoms with E-state index in [-0.39, 0.29) is 26.1 Å². The largest absolute Gasteiger partial charge is 0.338 e. The van der Waals surface area contributed by atoms with Gasteiger partial charge in [-0.15, -0.1) is 0 Å². The molecule has 2 N–H and O–H groups in total. The van der Waals surface area contributed by atoms with Gasteiger partial charge in [-0.1, -0.05) is 29.8 Å². The molecule has 0 fully saturated rings. The van der Waals surface area contributed by atoms with Gasteiger partial charge in [-0.25, -0.2) is 22.5 Å². The molecule has 5 aromatic rings. The van der Waals surface area contributed by atoms with E-state index in [1.165, 1.54) is 23.7 Å². The Morgan fingerprint density at radius 1 is 1.03 bits per heavy atom. The molecule has 12 heteroatoms. The van der Waals surface area contributed by atoms with Crippen molar-refractivity contribution in [3.05, 3.63) is 102 Å². The van der Waals surface area contributed by atoms with Crippen molar-refractivity contribution in [2.45, 2.75) is 11.8 Å². The van der Waals surface area contributed by atoms with E-state index in [0.717, 1.165) is 4.57 Å². The summed E-state index contributed by atoms with van der Waals surface area (Å²) in [5, 5.41) is 0.828. The molecule has 0 saturated carbocycles. The molecule has 9 nitrogen and oxygen atoms in total. The smallest absolute Gasteiger partial charge is 0.333 e. The SMILES string of the molecule is Cc1ccc(Br)c(S(=O)(=O)NC(=O)c2c(-n3c(=O)[nH]c4ccccc4c3=O)c3cc(Cl)ccc3n2C)c1. The second-order valence-electron chi connectivity index (χ2n) is 8.40. The lowest BCUT2D eigenvalue weighted by molar-refractivity contribution is 0.0974. The van der Waals surface area contributed by atoms with Crippen LogP contribution in [0.25, 0.3) is 27.5 Å². The molecule has 0 aliphatic carbocycles. The van der Waals surface area contributed by atoms with E-state index in [0.29, 0.717) is 27.0 Å². The van der Waals surface area contributed by atoms with Gasteiger partial charge in [0.1, 0.15) is 10.6 Å². The first-order chi connectivity index (χ1) is 17.5. The van der Waals surface area contributed by atoms with Crippen molar-refractivity contribution in [1.29, 1.82) is 0 Å². The molecule has 0 radical (unpaired) electrons. The molecular formula is C25H18BrClN4O5S. The van der Waals surface area contributed by atoms with Gasteiger partial charge in [-0.05, 0) is 70.9 Å². The van der Waals surface area contributed by atoms with E-state index in [1.807, 2.05) is 0 Å². The molecule has 2 heterocycles. The number of nitrogens with one attached hydrogen (secondary N) is 2. The van der Waals surface area contributed by atoms with Crippen molar-refractivity contribution < 1.29 is 13.2 Å². The lowest BCUT2D eigenvalue weighted by Crippen LogP contribution is -2.37. The van der Waals surface area contributed by atoms with Crippen molar-refractivity contribution in [1.82, 2.24) is 18.8 Å². The molecule has 5 rings (SSSR count). The van der Waals surface area contributed by atoms with Gasteiger partial charge in [0.25, 0.3) is 21.5 Å². The quantitative estimate of drug-likeness (QED) is 0.322. The molecule has 188 valence electrons. The van der Waals surface area contributed by atoms with Crippen LogP contribution in [0.4, 0.5) is 0 Å². The molecule has 1 amide bonds. The third-order valence-corrected chi connectivity index (χ3v) is 8.54. The minimum atomic E-state index is -4.34. The topological polar surface area (TPSA) is 123 Å². The summed E-state index contributed by atoms with van der Waals surface area (Å²) in [5.74, 6) is -1.03. The lowest BCUT2D eigenvalue weighted by Gasteiger charge is -2.12. The predicted molar refractivity (Wildman–Crippen MR) is 145 cm³/mol. The van der Waals surface area contributed by atoms with Crippen molar-refractivity contribution in [3.63, 3.8) is 0 Å². The Hall–Kier alpha value is -3.67. The molecule has 3 aromatic carbocycles. The van der Waals surface area contributed by atoms with Gasteiger partial charge in [-0.2, -0.15) is 0 Å². The zero-order chi connectivity index (χ0) is 26.6. The summed E-state index contributed by atoms with van der Waals surface area (Å²) >= 11 is 9.44. The van der Waals surface area contributed by atoms with E-state index in [4.69, 9.17) is 11.6 Å². The van der Waals surface area contributed by atoms with Crippen LogP contribution in [-0.2, 0) is 17.1 Å². The van der Waals surface area contributed by atoms with Gasteiger partial charge < -0.3 is 9.55 Å². The van der Waals surface area contributed by atoms with Gasteiger partial charge in [0.15, 0.2) is 0 Å². The Morgan fingerprint density at radius 3 is 2.51 bits per heavy atom. The number of hydrogen-bond acceptors (Lipinski definition) is 5. The fourth-order valence-electron chi connectivity index (χ4n) is 4.29. The highest BCUT2D eigenvalue weighted by Crippen LogP contribution is 2.31. The minimum Gasteiger partial charge on any atom is -0.338 e.